The van der Waals surface area contributed by atoms with Crippen molar-refractivity contribution < 1.29 is 14.3 Å². The molecule has 5 nitrogen and oxygen atoms in total. The van der Waals surface area contributed by atoms with Crippen LogP contribution in [0.3, 0.4) is 0 Å². The Morgan fingerprint density at radius 3 is 2.56 bits per heavy atom. The molecule has 2 amide bonds. The van der Waals surface area contributed by atoms with Gasteiger partial charge in [0.25, 0.3) is 0 Å². The Balaban J connectivity index is 1.57. The third-order valence-electron chi connectivity index (χ3n) is 4.89. The number of carbonyl (C=O) groups excluding carboxylic acids is 2. The number of hydrogen-bond donors (Lipinski definition) is 1. The molecule has 0 unspecified atom stereocenters. The molecule has 1 aliphatic heterocycles. The summed E-state index contributed by atoms with van der Waals surface area (Å²) in [5.41, 5.74) is 4.17. The summed E-state index contributed by atoms with van der Waals surface area (Å²) in [6.45, 7) is 7.15. The van der Waals surface area contributed by atoms with Crippen LogP contribution in [0.1, 0.15) is 30.0 Å². The van der Waals surface area contributed by atoms with Crippen molar-refractivity contribution in [2.45, 2.75) is 39.7 Å². The fourth-order valence-corrected chi connectivity index (χ4v) is 3.28. The normalized spacial score (nSPS) is 16.5. The standard InChI is InChI=1S/C22H26N2O3/c1-4-27-20-9-6-17(7-10-20)12-21(25)23-18-13-22(26)24(14-18)19-8-5-15(2)16(3)11-19/h5-11,18H,4,12-14H2,1-3H3,(H,23,25)/t18-/m0/s1. The zero-order valence-electron chi connectivity index (χ0n) is 16.1. The molecule has 0 bridgehead atoms. The maximum Gasteiger partial charge on any atom is 0.229 e. The first-order valence-corrected chi connectivity index (χ1v) is 9.35. The Kier molecular flexibility index (Phi) is 5.79. The summed E-state index contributed by atoms with van der Waals surface area (Å²) in [5.74, 6) is 0.774. The van der Waals surface area contributed by atoms with Crippen LogP contribution in [-0.4, -0.2) is 31.0 Å². The Morgan fingerprint density at radius 2 is 1.89 bits per heavy atom. The molecular formula is C22H26N2O3. The van der Waals surface area contributed by atoms with Gasteiger partial charge in [-0.1, -0.05) is 18.2 Å². The van der Waals surface area contributed by atoms with Crippen molar-refractivity contribution in [3.8, 4) is 5.75 Å². The van der Waals surface area contributed by atoms with Crippen molar-refractivity contribution in [1.82, 2.24) is 5.32 Å². The molecule has 5 heteroatoms. The molecule has 1 aliphatic rings. The van der Waals surface area contributed by atoms with Crippen molar-refractivity contribution in [2.75, 3.05) is 18.1 Å². The summed E-state index contributed by atoms with van der Waals surface area (Å²) in [6.07, 6.45) is 0.628. The van der Waals surface area contributed by atoms with Crippen molar-refractivity contribution in [3.63, 3.8) is 0 Å². The van der Waals surface area contributed by atoms with Crippen LogP contribution in [0.4, 0.5) is 5.69 Å². The van der Waals surface area contributed by atoms with E-state index in [0.717, 1.165) is 22.6 Å². The van der Waals surface area contributed by atoms with E-state index in [1.165, 1.54) is 5.56 Å². The predicted molar refractivity (Wildman–Crippen MR) is 106 cm³/mol. The highest BCUT2D eigenvalue weighted by Gasteiger charge is 2.31. The maximum absolute atomic E-state index is 12.4. The summed E-state index contributed by atoms with van der Waals surface area (Å²) in [5, 5.41) is 2.99. The van der Waals surface area contributed by atoms with Crippen molar-refractivity contribution >= 4 is 17.5 Å². The van der Waals surface area contributed by atoms with Gasteiger partial charge in [0.15, 0.2) is 0 Å². The van der Waals surface area contributed by atoms with E-state index >= 15 is 0 Å². The number of hydrogen-bond acceptors (Lipinski definition) is 3. The van der Waals surface area contributed by atoms with Crippen molar-refractivity contribution in [2.24, 2.45) is 0 Å². The zero-order chi connectivity index (χ0) is 19.4. The molecule has 0 aliphatic carbocycles. The minimum atomic E-state index is -0.158. The summed E-state index contributed by atoms with van der Waals surface area (Å²) in [7, 11) is 0. The number of nitrogens with one attached hydrogen (secondary N) is 1. The third-order valence-corrected chi connectivity index (χ3v) is 4.89. The quantitative estimate of drug-likeness (QED) is 0.854. The highest BCUT2D eigenvalue weighted by Crippen LogP contribution is 2.24. The Morgan fingerprint density at radius 1 is 1.15 bits per heavy atom. The number of rotatable bonds is 6. The molecule has 0 aromatic heterocycles. The van der Waals surface area contributed by atoms with Gasteiger partial charge < -0.3 is 15.0 Å². The monoisotopic (exact) mass is 366 g/mol. The lowest BCUT2D eigenvalue weighted by atomic mass is 10.1. The van der Waals surface area contributed by atoms with Crippen LogP contribution < -0.4 is 15.0 Å². The molecular weight excluding hydrogens is 340 g/mol. The van der Waals surface area contributed by atoms with Gasteiger partial charge in [-0.3, -0.25) is 9.59 Å². The average molecular weight is 366 g/mol. The second kappa shape index (κ2) is 8.25. The number of carbonyl (C=O) groups is 2. The minimum Gasteiger partial charge on any atom is -0.494 e. The van der Waals surface area contributed by atoms with Crippen LogP contribution in [0.15, 0.2) is 42.5 Å². The van der Waals surface area contributed by atoms with Crippen LogP contribution in [0.5, 0.6) is 5.75 Å². The number of benzene rings is 2. The highest BCUT2D eigenvalue weighted by molar-refractivity contribution is 5.97. The molecule has 0 saturated carbocycles. The number of aryl methyl sites for hydroxylation is 2. The van der Waals surface area contributed by atoms with Gasteiger partial charge in [-0.2, -0.15) is 0 Å². The van der Waals surface area contributed by atoms with E-state index in [4.69, 9.17) is 4.74 Å². The van der Waals surface area contributed by atoms with Gasteiger partial charge in [0.05, 0.1) is 19.1 Å². The number of ether oxygens (including phenoxy) is 1. The van der Waals surface area contributed by atoms with Gasteiger partial charge in [-0.05, 0) is 61.7 Å². The third kappa shape index (κ3) is 4.67. The molecule has 1 fully saturated rings. The fourth-order valence-electron chi connectivity index (χ4n) is 3.28. The lowest BCUT2D eigenvalue weighted by Gasteiger charge is -2.18. The minimum absolute atomic E-state index is 0.0459. The molecule has 2 aromatic carbocycles. The van der Waals surface area contributed by atoms with E-state index in [1.807, 2.05) is 56.3 Å². The summed E-state index contributed by atoms with van der Waals surface area (Å²) >= 11 is 0. The van der Waals surface area contributed by atoms with Crippen molar-refractivity contribution in [3.05, 3.63) is 59.2 Å². The molecule has 3 rings (SSSR count). The van der Waals surface area contributed by atoms with Crippen LogP contribution in [0, 0.1) is 13.8 Å². The maximum atomic E-state index is 12.4. The van der Waals surface area contributed by atoms with Gasteiger partial charge in [0, 0.05) is 18.7 Å². The van der Waals surface area contributed by atoms with E-state index in [9.17, 15) is 9.59 Å². The molecule has 0 radical (unpaired) electrons. The lowest BCUT2D eigenvalue weighted by Crippen LogP contribution is -2.38. The molecule has 27 heavy (non-hydrogen) atoms. The molecule has 0 spiro atoms. The summed E-state index contributed by atoms with van der Waals surface area (Å²) in [6, 6.07) is 13.4. The number of amides is 2. The largest absolute Gasteiger partial charge is 0.494 e. The average Bonchev–Trinajstić information content (AvgIpc) is 2.99. The van der Waals surface area contributed by atoms with E-state index in [0.29, 0.717) is 26.0 Å². The molecule has 1 heterocycles. The topological polar surface area (TPSA) is 58.6 Å². The lowest BCUT2D eigenvalue weighted by molar-refractivity contribution is -0.121. The fraction of sp³-hybridized carbons (Fsp3) is 0.364. The van der Waals surface area contributed by atoms with E-state index in [-0.39, 0.29) is 17.9 Å². The van der Waals surface area contributed by atoms with Gasteiger partial charge in [-0.15, -0.1) is 0 Å². The first kappa shape index (κ1) is 19.0. The SMILES string of the molecule is CCOc1ccc(CC(=O)N[C@H]2CC(=O)N(c3ccc(C)c(C)c3)C2)cc1. The predicted octanol–water partition coefficient (Wildman–Crippen LogP) is 3.17. The summed E-state index contributed by atoms with van der Waals surface area (Å²) in [4.78, 5) is 26.5. The van der Waals surface area contributed by atoms with Crippen molar-refractivity contribution in [1.29, 1.82) is 0 Å². The summed E-state index contributed by atoms with van der Waals surface area (Å²) < 4.78 is 5.41. The molecule has 142 valence electrons. The van der Waals surface area contributed by atoms with Gasteiger partial charge in [0.1, 0.15) is 5.75 Å². The van der Waals surface area contributed by atoms with Gasteiger partial charge in [0.2, 0.25) is 11.8 Å². The molecule has 2 aromatic rings. The first-order valence-electron chi connectivity index (χ1n) is 9.35. The van der Waals surface area contributed by atoms with Gasteiger partial charge >= 0.3 is 0 Å². The Hall–Kier alpha value is -2.82. The molecule has 1 saturated heterocycles. The zero-order valence-corrected chi connectivity index (χ0v) is 16.1. The Labute approximate surface area is 160 Å². The van der Waals surface area contributed by atoms with E-state index in [1.54, 1.807) is 4.90 Å². The first-order chi connectivity index (χ1) is 13.0. The highest BCUT2D eigenvalue weighted by atomic mass is 16.5. The van der Waals surface area contributed by atoms with E-state index < -0.39 is 0 Å². The Bertz CT molecular complexity index is 830. The van der Waals surface area contributed by atoms with Crippen LogP contribution in [-0.2, 0) is 16.0 Å². The van der Waals surface area contributed by atoms with Gasteiger partial charge in [-0.25, -0.2) is 0 Å². The molecule has 1 N–H and O–H groups in total. The van der Waals surface area contributed by atoms with Crippen LogP contribution in [0.2, 0.25) is 0 Å². The second-order valence-electron chi connectivity index (χ2n) is 7.00. The van der Waals surface area contributed by atoms with E-state index in [2.05, 4.69) is 12.2 Å². The second-order valence-corrected chi connectivity index (χ2v) is 7.00. The molecule has 1 atom stereocenters. The smallest absolute Gasteiger partial charge is 0.229 e. The van der Waals surface area contributed by atoms with Crippen LogP contribution in [0.25, 0.3) is 0 Å². The number of nitrogens with zero attached hydrogens (tertiary/aromatic N) is 1. The number of anilines is 1. The van der Waals surface area contributed by atoms with Crippen LogP contribution >= 0.6 is 0 Å².